The molecule has 0 saturated carbocycles. The first-order valence-electron chi connectivity index (χ1n) is 11.6. The lowest BCUT2D eigenvalue weighted by molar-refractivity contribution is 0.626. The molecule has 0 atom stereocenters. The van der Waals surface area contributed by atoms with Crippen molar-refractivity contribution in [1.82, 2.24) is 0 Å². The lowest BCUT2D eigenvalue weighted by Crippen LogP contribution is -2.11. The van der Waals surface area contributed by atoms with Crippen molar-refractivity contribution in [2.45, 2.75) is 141 Å². The standard InChI is InChI=1S/3C6H13.C5H12.Al/c3*1-3-5-6-4-2;1-4-5(2)3;/h3*1,3-6H2,2H3;5H,4H2,1-3H3;. The molecule has 146 valence electrons. The zero-order valence-electron chi connectivity index (χ0n) is 18.5. The summed E-state index contributed by atoms with van der Waals surface area (Å²) in [6.45, 7) is 13.6. The first kappa shape index (κ1) is 26.8. The van der Waals surface area contributed by atoms with Crippen LogP contribution in [0.3, 0.4) is 0 Å². The van der Waals surface area contributed by atoms with Gasteiger partial charge in [-0.1, -0.05) is 141 Å². The SMILES string of the molecule is CCC(C)C.CCCCC[CH2][Al]([CH2]CCCCC)[CH2]CCCCC. The molecular weight excluding hydrogens is 303 g/mol. The van der Waals surface area contributed by atoms with E-state index in [1.165, 1.54) is 64.2 Å². The van der Waals surface area contributed by atoms with Gasteiger partial charge in [-0.25, -0.2) is 0 Å². The lowest BCUT2D eigenvalue weighted by Gasteiger charge is -2.11. The quantitative estimate of drug-likeness (QED) is 0.191. The first-order chi connectivity index (χ1) is 11.6. The first-order valence-corrected chi connectivity index (χ1v) is 14.1. The highest BCUT2D eigenvalue weighted by atomic mass is 27.2. The third-order valence-electron chi connectivity index (χ3n) is 5.21. The predicted molar refractivity (Wildman–Crippen MR) is 118 cm³/mol. The van der Waals surface area contributed by atoms with E-state index in [1.54, 1.807) is 35.1 Å². The van der Waals surface area contributed by atoms with Gasteiger partial charge < -0.3 is 0 Å². The van der Waals surface area contributed by atoms with Crippen LogP contribution in [0.5, 0.6) is 0 Å². The van der Waals surface area contributed by atoms with Gasteiger partial charge in [0.05, 0.1) is 0 Å². The molecule has 0 nitrogen and oxygen atoms in total. The minimum Gasteiger partial charge on any atom is -0.0939 e. The zero-order valence-corrected chi connectivity index (χ0v) is 19.6. The van der Waals surface area contributed by atoms with E-state index >= 15 is 0 Å². The Kier molecular flexibility index (Phi) is 26.2. The van der Waals surface area contributed by atoms with E-state index in [4.69, 9.17) is 0 Å². The molecule has 0 radical (unpaired) electrons. The van der Waals surface area contributed by atoms with Crippen molar-refractivity contribution in [2.24, 2.45) is 5.92 Å². The van der Waals surface area contributed by atoms with E-state index in [0.29, 0.717) is 0 Å². The van der Waals surface area contributed by atoms with Gasteiger partial charge in [0.2, 0.25) is 0 Å². The number of hydrogen-bond acceptors (Lipinski definition) is 0. The summed E-state index contributed by atoms with van der Waals surface area (Å²) in [4.78, 5) is 0. The van der Waals surface area contributed by atoms with E-state index in [0.717, 1.165) is 5.92 Å². The summed E-state index contributed by atoms with van der Waals surface area (Å²) in [5.41, 5.74) is 0. The molecule has 0 aromatic carbocycles. The fourth-order valence-corrected chi connectivity index (χ4v) is 6.48. The number of rotatable bonds is 16. The normalized spacial score (nSPS) is 10.6. The van der Waals surface area contributed by atoms with Gasteiger partial charge in [0.1, 0.15) is 0 Å². The molecule has 0 aliphatic carbocycles. The monoisotopic (exact) mass is 354 g/mol. The molecule has 0 spiro atoms. The van der Waals surface area contributed by atoms with Gasteiger partial charge in [-0.15, -0.1) is 0 Å². The van der Waals surface area contributed by atoms with Crippen LogP contribution in [0, 0.1) is 5.92 Å². The maximum Gasteiger partial charge on any atom is 0.261 e. The van der Waals surface area contributed by atoms with Crippen LogP contribution in [0.4, 0.5) is 0 Å². The molecule has 0 aliphatic rings. The van der Waals surface area contributed by atoms with Gasteiger partial charge in [-0.05, 0) is 5.92 Å². The maximum atomic E-state index is 2.32. The van der Waals surface area contributed by atoms with Gasteiger partial charge >= 0.3 is 0 Å². The largest absolute Gasteiger partial charge is 0.261 e. The van der Waals surface area contributed by atoms with Crippen LogP contribution in [-0.4, -0.2) is 14.1 Å². The molecule has 0 aromatic rings. The summed E-state index contributed by atoms with van der Waals surface area (Å²) in [5.74, 6) is 0.884. The summed E-state index contributed by atoms with van der Waals surface area (Å²) in [5, 5.41) is 4.95. The number of unbranched alkanes of at least 4 members (excludes halogenated alkanes) is 9. The summed E-state index contributed by atoms with van der Waals surface area (Å²) < 4.78 is 0. The highest BCUT2D eigenvalue weighted by Gasteiger charge is 2.15. The maximum absolute atomic E-state index is 2.32. The summed E-state index contributed by atoms with van der Waals surface area (Å²) in [6.07, 6.45) is 19.0. The lowest BCUT2D eigenvalue weighted by atomic mass is 10.2. The van der Waals surface area contributed by atoms with Gasteiger partial charge in [0.15, 0.2) is 0 Å². The van der Waals surface area contributed by atoms with E-state index in [1.807, 2.05) is 0 Å². The van der Waals surface area contributed by atoms with Gasteiger partial charge in [0, 0.05) is 0 Å². The van der Waals surface area contributed by atoms with Crippen molar-refractivity contribution in [3.8, 4) is 0 Å². The van der Waals surface area contributed by atoms with Crippen molar-refractivity contribution < 1.29 is 0 Å². The zero-order chi connectivity index (χ0) is 18.5. The van der Waals surface area contributed by atoms with Crippen molar-refractivity contribution in [1.29, 1.82) is 0 Å². The molecule has 0 unspecified atom stereocenters. The predicted octanol–water partition coefficient (Wildman–Crippen LogP) is 9.27. The molecule has 0 aromatic heterocycles. The Bertz CT molecular complexity index is 172. The second-order valence-corrected chi connectivity index (χ2v) is 11.7. The number of hydrogen-bond donors (Lipinski definition) is 0. The van der Waals surface area contributed by atoms with Crippen LogP contribution < -0.4 is 0 Å². The Balaban J connectivity index is 0. The smallest absolute Gasteiger partial charge is 0.0939 e. The molecule has 0 amide bonds. The summed E-state index contributed by atoms with van der Waals surface area (Å²) in [7, 11) is 0. The Hall–Kier alpha value is 0.532. The average molecular weight is 355 g/mol. The average Bonchev–Trinajstić information content (AvgIpc) is 2.59. The molecule has 0 aliphatic heterocycles. The van der Waals surface area contributed by atoms with Crippen LogP contribution in [0.1, 0.15) is 125 Å². The Morgan fingerprint density at radius 3 is 1.00 bits per heavy atom. The van der Waals surface area contributed by atoms with Crippen LogP contribution in [0.2, 0.25) is 15.8 Å². The van der Waals surface area contributed by atoms with Crippen molar-refractivity contribution >= 4 is 14.1 Å². The van der Waals surface area contributed by atoms with Gasteiger partial charge in [-0.2, -0.15) is 0 Å². The van der Waals surface area contributed by atoms with Crippen molar-refractivity contribution in [2.75, 3.05) is 0 Å². The molecule has 24 heavy (non-hydrogen) atoms. The van der Waals surface area contributed by atoms with E-state index in [2.05, 4.69) is 41.5 Å². The van der Waals surface area contributed by atoms with Crippen molar-refractivity contribution in [3.05, 3.63) is 0 Å². The third kappa shape index (κ3) is 24.8. The Labute approximate surface area is 161 Å². The van der Waals surface area contributed by atoms with Crippen LogP contribution in [0.25, 0.3) is 0 Å². The second-order valence-electron chi connectivity index (χ2n) is 8.22. The minimum atomic E-state index is -0.362. The van der Waals surface area contributed by atoms with Crippen LogP contribution in [-0.2, 0) is 0 Å². The molecular formula is C23H51Al. The minimum absolute atomic E-state index is 0.362. The fraction of sp³-hybridized carbons (Fsp3) is 1.00. The molecule has 1 heteroatoms. The van der Waals surface area contributed by atoms with Gasteiger partial charge in [0.25, 0.3) is 14.1 Å². The molecule has 0 N–H and O–H groups in total. The van der Waals surface area contributed by atoms with Gasteiger partial charge in [-0.3, -0.25) is 0 Å². The topological polar surface area (TPSA) is 0 Å². The van der Waals surface area contributed by atoms with Crippen LogP contribution in [0.15, 0.2) is 0 Å². The molecule has 0 saturated heterocycles. The Morgan fingerprint density at radius 1 is 0.500 bits per heavy atom. The molecule has 0 fully saturated rings. The molecule has 0 bridgehead atoms. The Morgan fingerprint density at radius 2 is 0.792 bits per heavy atom. The highest BCUT2D eigenvalue weighted by molar-refractivity contribution is 6.58. The molecule has 0 rings (SSSR count). The summed E-state index contributed by atoms with van der Waals surface area (Å²) >= 11 is -0.362. The molecule has 0 heterocycles. The van der Waals surface area contributed by atoms with E-state index in [-0.39, 0.29) is 14.1 Å². The second kappa shape index (κ2) is 23.5. The third-order valence-corrected chi connectivity index (χ3v) is 8.89. The van der Waals surface area contributed by atoms with Crippen LogP contribution >= 0.6 is 0 Å². The highest BCUT2D eigenvalue weighted by Crippen LogP contribution is 2.19. The van der Waals surface area contributed by atoms with E-state index < -0.39 is 0 Å². The summed E-state index contributed by atoms with van der Waals surface area (Å²) in [6, 6.07) is 0. The van der Waals surface area contributed by atoms with E-state index in [9.17, 15) is 0 Å². The van der Waals surface area contributed by atoms with Crippen molar-refractivity contribution in [3.63, 3.8) is 0 Å². The fourth-order valence-electron chi connectivity index (χ4n) is 3.01.